The fourth-order valence-electron chi connectivity index (χ4n) is 4.85. The molecule has 28 heavy (non-hydrogen) atoms. The van der Waals surface area contributed by atoms with Crippen LogP contribution in [-0.4, -0.2) is 59.9 Å². The summed E-state index contributed by atoms with van der Waals surface area (Å²) in [4.78, 5) is 33.0. The lowest BCUT2D eigenvalue weighted by atomic mass is 9.75. The Balaban J connectivity index is 1.34. The van der Waals surface area contributed by atoms with Gasteiger partial charge in [-0.05, 0) is 51.6 Å². The van der Waals surface area contributed by atoms with E-state index in [1.54, 1.807) is 0 Å². The van der Waals surface area contributed by atoms with Crippen molar-refractivity contribution in [2.45, 2.75) is 50.5 Å². The van der Waals surface area contributed by atoms with E-state index in [0.717, 1.165) is 32.2 Å². The number of fused-ring (bicyclic) bond motifs is 2. The molecule has 3 heterocycles. The zero-order valence-electron chi connectivity index (χ0n) is 16.5. The van der Waals surface area contributed by atoms with Crippen LogP contribution in [0.1, 0.15) is 60.9 Å². The van der Waals surface area contributed by atoms with Gasteiger partial charge < -0.3 is 14.5 Å². The molecule has 1 aliphatic carbocycles. The van der Waals surface area contributed by atoms with E-state index >= 15 is 0 Å². The Labute approximate surface area is 165 Å². The molecule has 0 aromatic carbocycles. The number of halogens is 1. The highest BCUT2D eigenvalue weighted by atomic mass is 19.1. The van der Waals surface area contributed by atoms with Gasteiger partial charge in [0.15, 0.2) is 0 Å². The first-order valence-corrected chi connectivity index (χ1v) is 10.4. The van der Waals surface area contributed by atoms with Crippen molar-refractivity contribution in [3.8, 4) is 0 Å². The van der Waals surface area contributed by atoms with E-state index in [4.69, 9.17) is 4.74 Å². The van der Waals surface area contributed by atoms with Crippen molar-refractivity contribution in [1.82, 2.24) is 14.8 Å². The zero-order valence-corrected chi connectivity index (χ0v) is 16.5. The first-order valence-electron chi connectivity index (χ1n) is 10.4. The SMILES string of the molecule is CN(CCN1CCCCC1)C(=O)C1CCC2(CC1)OC(=O)c1cc(F)ncc12. The fraction of sp³-hybridized carbons (Fsp3) is 0.667. The van der Waals surface area contributed by atoms with Crippen molar-refractivity contribution in [1.29, 1.82) is 0 Å². The summed E-state index contributed by atoms with van der Waals surface area (Å²) in [5, 5.41) is 0. The lowest BCUT2D eigenvalue weighted by Crippen LogP contribution is -2.43. The standard InChI is InChI=1S/C21H28FN3O3/c1-24(11-12-25-9-3-2-4-10-25)19(26)15-5-7-21(8-6-15)17-14-23-18(22)13-16(17)20(27)28-21/h13-15H,2-12H2,1H3. The van der Waals surface area contributed by atoms with E-state index in [9.17, 15) is 14.0 Å². The second-order valence-electron chi connectivity index (χ2n) is 8.37. The van der Waals surface area contributed by atoms with Crippen LogP contribution in [-0.2, 0) is 15.1 Å². The summed E-state index contributed by atoms with van der Waals surface area (Å²) in [5.41, 5.74) is 0.204. The largest absolute Gasteiger partial charge is 0.450 e. The number of pyridine rings is 1. The van der Waals surface area contributed by atoms with Crippen LogP contribution in [0.2, 0.25) is 0 Å². The fourth-order valence-corrected chi connectivity index (χ4v) is 4.85. The predicted molar refractivity (Wildman–Crippen MR) is 101 cm³/mol. The lowest BCUT2D eigenvalue weighted by molar-refractivity contribution is -0.137. The van der Waals surface area contributed by atoms with Crippen LogP contribution >= 0.6 is 0 Å². The third-order valence-electron chi connectivity index (χ3n) is 6.59. The Hall–Kier alpha value is -2.02. The van der Waals surface area contributed by atoms with Crippen molar-refractivity contribution in [3.63, 3.8) is 0 Å². The number of ether oxygens (including phenoxy) is 1. The normalized spacial score (nSPS) is 27.5. The van der Waals surface area contributed by atoms with Gasteiger partial charge in [-0.15, -0.1) is 0 Å². The molecule has 3 aliphatic rings. The van der Waals surface area contributed by atoms with Gasteiger partial charge in [0, 0.05) is 43.9 Å². The van der Waals surface area contributed by atoms with E-state index < -0.39 is 17.5 Å². The highest BCUT2D eigenvalue weighted by Gasteiger charge is 2.49. The summed E-state index contributed by atoms with van der Waals surface area (Å²) >= 11 is 0. The number of esters is 1. The highest BCUT2D eigenvalue weighted by Crippen LogP contribution is 2.48. The van der Waals surface area contributed by atoms with Crippen molar-refractivity contribution in [3.05, 3.63) is 29.3 Å². The first-order chi connectivity index (χ1) is 13.5. The Kier molecular flexibility index (Phi) is 5.36. The molecular weight excluding hydrogens is 361 g/mol. The molecule has 1 spiro atoms. The molecule has 1 amide bonds. The Morgan fingerprint density at radius 1 is 1.32 bits per heavy atom. The molecule has 7 heteroatoms. The molecule has 6 nitrogen and oxygen atoms in total. The van der Waals surface area contributed by atoms with E-state index in [1.165, 1.54) is 25.5 Å². The van der Waals surface area contributed by atoms with Crippen molar-refractivity contribution in [2.24, 2.45) is 5.92 Å². The number of hydrogen-bond donors (Lipinski definition) is 0. The van der Waals surface area contributed by atoms with E-state index in [1.807, 2.05) is 11.9 Å². The minimum Gasteiger partial charge on any atom is -0.450 e. The van der Waals surface area contributed by atoms with Crippen molar-refractivity contribution in [2.75, 3.05) is 33.2 Å². The van der Waals surface area contributed by atoms with Crippen LogP contribution in [0.15, 0.2) is 12.3 Å². The Bertz CT molecular complexity index is 755. The first kappa shape index (κ1) is 19.3. The maximum absolute atomic E-state index is 13.4. The number of rotatable bonds is 4. The monoisotopic (exact) mass is 389 g/mol. The number of amides is 1. The quantitative estimate of drug-likeness (QED) is 0.585. The third kappa shape index (κ3) is 3.64. The van der Waals surface area contributed by atoms with Gasteiger partial charge in [0.25, 0.3) is 0 Å². The molecule has 0 atom stereocenters. The zero-order chi connectivity index (χ0) is 19.7. The van der Waals surface area contributed by atoms with Crippen LogP contribution in [0, 0.1) is 11.9 Å². The minimum absolute atomic E-state index is 0.0480. The number of aromatic nitrogens is 1. The Morgan fingerprint density at radius 2 is 2.04 bits per heavy atom. The minimum atomic E-state index is -0.740. The van der Waals surface area contributed by atoms with E-state index in [-0.39, 0.29) is 17.4 Å². The van der Waals surface area contributed by atoms with Crippen LogP contribution in [0.25, 0.3) is 0 Å². The lowest BCUT2D eigenvalue weighted by Gasteiger charge is -2.37. The summed E-state index contributed by atoms with van der Waals surface area (Å²) in [6, 6.07) is 1.15. The molecule has 1 aromatic heterocycles. The molecule has 1 saturated carbocycles. The van der Waals surface area contributed by atoms with Crippen LogP contribution in [0.3, 0.4) is 0 Å². The van der Waals surface area contributed by atoms with Gasteiger partial charge in [0.1, 0.15) is 5.60 Å². The smallest absolute Gasteiger partial charge is 0.339 e. The average molecular weight is 389 g/mol. The number of likely N-dealkylation sites (N-methyl/N-ethyl adjacent to an activating group) is 1. The molecule has 152 valence electrons. The molecule has 0 unspecified atom stereocenters. The molecule has 2 fully saturated rings. The maximum Gasteiger partial charge on any atom is 0.339 e. The van der Waals surface area contributed by atoms with Gasteiger partial charge in [-0.2, -0.15) is 4.39 Å². The molecule has 2 aliphatic heterocycles. The van der Waals surface area contributed by atoms with Gasteiger partial charge in [0.05, 0.1) is 5.56 Å². The molecule has 0 radical (unpaired) electrons. The second kappa shape index (κ2) is 7.78. The van der Waals surface area contributed by atoms with Gasteiger partial charge in [-0.25, -0.2) is 9.78 Å². The number of hydrogen-bond acceptors (Lipinski definition) is 5. The number of nitrogens with zero attached hydrogens (tertiary/aromatic N) is 3. The molecule has 1 saturated heterocycles. The number of carbonyl (C=O) groups excluding carboxylic acids is 2. The summed E-state index contributed by atoms with van der Waals surface area (Å²) in [5.74, 6) is -1.03. The predicted octanol–water partition coefficient (Wildman–Crippen LogP) is 2.72. The third-order valence-corrected chi connectivity index (χ3v) is 6.59. The van der Waals surface area contributed by atoms with E-state index in [0.29, 0.717) is 31.2 Å². The van der Waals surface area contributed by atoms with E-state index in [2.05, 4.69) is 9.88 Å². The molecule has 1 aromatic rings. The summed E-state index contributed by atoms with van der Waals surface area (Å²) in [7, 11) is 1.88. The molecule has 0 N–H and O–H groups in total. The van der Waals surface area contributed by atoms with Crippen molar-refractivity contribution < 1.29 is 18.7 Å². The molecule has 4 rings (SSSR count). The number of piperidine rings is 1. The Morgan fingerprint density at radius 3 is 2.75 bits per heavy atom. The van der Waals surface area contributed by atoms with Gasteiger partial charge in [0.2, 0.25) is 11.9 Å². The average Bonchev–Trinajstić information content (AvgIpc) is 2.97. The van der Waals surface area contributed by atoms with Gasteiger partial charge >= 0.3 is 5.97 Å². The highest BCUT2D eigenvalue weighted by molar-refractivity contribution is 5.94. The summed E-state index contributed by atoms with van der Waals surface area (Å²) < 4.78 is 19.0. The molecule has 0 bridgehead atoms. The topological polar surface area (TPSA) is 62.7 Å². The van der Waals surface area contributed by atoms with Gasteiger partial charge in [-0.3, -0.25) is 4.79 Å². The number of carbonyl (C=O) groups is 2. The summed E-state index contributed by atoms with van der Waals surface area (Å²) in [6.45, 7) is 3.95. The summed E-state index contributed by atoms with van der Waals surface area (Å²) in [6.07, 6.45) is 7.72. The maximum atomic E-state index is 13.4. The number of likely N-dealkylation sites (tertiary alicyclic amines) is 1. The van der Waals surface area contributed by atoms with Crippen LogP contribution in [0.4, 0.5) is 4.39 Å². The molecular formula is C21H28FN3O3. The van der Waals surface area contributed by atoms with Crippen molar-refractivity contribution >= 4 is 11.9 Å². The van der Waals surface area contributed by atoms with Gasteiger partial charge in [-0.1, -0.05) is 6.42 Å². The van der Waals surface area contributed by atoms with Crippen LogP contribution in [0.5, 0.6) is 0 Å². The van der Waals surface area contributed by atoms with Crippen LogP contribution < -0.4 is 0 Å². The second-order valence-corrected chi connectivity index (χ2v) is 8.37.